The van der Waals surface area contributed by atoms with E-state index < -0.39 is 12.0 Å². The maximum atomic E-state index is 14.2. The van der Waals surface area contributed by atoms with Crippen molar-refractivity contribution in [3.8, 4) is 22.8 Å². The van der Waals surface area contributed by atoms with Crippen LogP contribution >= 0.6 is 11.3 Å². The topological polar surface area (TPSA) is 103 Å². The molecule has 1 atom stereocenters. The first kappa shape index (κ1) is 26.7. The van der Waals surface area contributed by atoms with Crippen LogP contribution in [0.4, 0.5) is 0 Å². The maximum Gasteiger partial charge on any atom is 0.336 e. The van der Waals surface area contributed by atoms with E-state index in [0.717, 1.165) is 35.2 Å². The SMILES string of the molecule is COc1ccc(OC)c([C@@H]2C3=C(N=c4s/c(=C\c5ccc(-c6ccccc6C(=O)O)o5)c(=O)n42)c2ccccc2CC3)c1. The van der Waals surface area contributed by atoms with Crippen LogP contribution in [0.5, 0.6) is 11.5 Å². The molecule has 0 amide bonds. The normalized spacial score (nSPS) is 15.8. The number of furan rings is 1. The number of hydrogen-bond acceptors (Lipinski definition) is 7. The van der Waals surface area contributed by atoms with Gasteiger partial charge in [-0.15, -0.1) is 0 Å². The Labute approximate surface area is 250 Å². The van der Waals surface area contributed by atoms with Gasteiger partial charge >= 0.3 is 5.97 Å². The van der Waals surface area contributed by atoms with Gasteiger partial charge in [0.1, 0.15) is 23.0 Å². The molecule has 0 spiro atoms. The van der Waals surface area contributed by atoms with Gasteiger partial charge in [-0.1, -0.05) is 53.8 Å². The molecule has 1 aliphatic heterocycles. The van der Waals surface area contributed by atoms with E-state index in [9.17, 15) is 14.7 Å². The van der Waals surface area contributed by atoms with E-state index in [1.54, 1.807) is 55.2 Å². The third-order valence-electron chi connectivity index (χ3n) is 7.93. The Balaban J connectivity index is 1.42. The highest BCUT2D eigenvalue weighted by Crippen LogP contribution is 2.44. The van der Waals surface area contributed by atoms with E-state index in [-0.39, 0.29) is 11.1 Å². The molecule has 3 aromatic carbocycles. The van der Waals surface area contributed by atoms with Gasteiger partial charge in [-0.25, -0.2) is 9.79 Å². The van der Waals surface area contributed by atoms with E-state index in [1.807, 2.05) is 30.3 Å². The zero-order valence-electron chi connectivity index (χ0n) is 23.4. The number of carboxylic acids is 1. The zero-order valence-corrected chi connectivity index (χ0v) is 24.2. The molecule has 0 saturated heterocycles. The van der Waals surface area contributed by atoms with Crippen LogP contribution in [-0.2, 0) is 6.42 Å². The molecule has 7 rings (SSSR count). The summed E-state index contributed by atoms with van der Waals surface area (Å²) < 4.78 is 19.6. The van der Waals surface area contributed by atoms with Crippen LogP contribution < -0.4 is 24.4 Å². The number of fused-ring (bicyclic) bond motifs is 3. The van der Waals surface area contributed by atoms with Crippen LogP contribution in [0.25, 0.3) is 23.1 Å². The number of aromatic nitrogens is 1. The molecule has 43 heavy (non-hydrogen) atoms. The minimum atomic E-state index is -1.04. The first-order valence-corrected chi connectivity index (χ1v) is 14.6. The fraction of sp³-hybridized carbons (Fsp3) is 0.147. The van der Waals surface area contributed by atoms with E-state index in [0.29, 0.717) is 37.9 Å². The van der Waals surface area contributed by atoms with Crippen molar-refractivity contribution in [2.24, 2.45) is 4.99 Å². The van der Waals surface area contributed by atoms with Crippen molar-refractivity contribution in [2.75, 3.05) is 14.2 Å². The molecule has 1 N–H and O–H groups in total. The predicted octanol–water partition coefficient (Wildman–Crippen LogP) is 5.29. The molecule has 9 heteroatoms. The number of aryl methyl sites for hydroxylation is 1. The Bertz CT molecular complexity index is 2130. The molecule has 214 valence electrons. The highest BCUT2D eigenvalue weighted by atomic mass is 32.1. The summed E-state index contributed by atoms with van der Waals surface area (Å²) >= 11 is 1.29. The van der Waals surface area contributed by atoms with Crippen LogP contribution in [0, 0.1) is 0 Å². The molecule has 8 nitrogen and oxygen atoms in total. The number of ether oxygens (including phenoxy) is 2. The van der Waals surface area contributed by atoms with E-state index in [1.165, 1.54) is 23.0 Å². The number of hydrogen-bond donors (Lipinski definition) is 1. The van der Waals surface area contributed by atoms with Crippen LogP contribution in [-0.4, -0.2) is 29.9 Å². The Morgan fingerprint density at radius 1 is 1.00 bits per heavy atom. The molecule has 0 radical (unpaired) electrons. The summed E-state index contributed by atoms with van der Waals surface area (Å²) in [5, 5.41) is 9.61. The molecule has 1 aliphatic carbocycles. The molecule has 0 saturated carbocycles. The van der Waals surface area contributed by atoms with Crippen molar-refractivity contribution in [1.82, 2.24) is 4.57 Å². The van der Waals surface area contributed by atoms with E-state index in [2.05, 4.69) is 12.1 Å². The largest absolute Gasteiger partial charge is 0.497 e. The highest BCUT2D eigenvalue weighted by Gasteiger charge is 2.34. The fourth-order valence-electron chi connectivity index (χ4n) is 5.94. The Morgan fingerprint density at radius 3 is 2.58 bits per heavy atom. The summed E-state index contributed by atoms with van der Waals surface area (Å²) in [6.45, 7) is 0. The number of benzene rings is 3. The van der Waals surface area contributed by atoms with Gasteiger partial charge < -0.3 is 19.0 Å². The van der Waals surface area contributed by atoms with Crippen molar-refractivity contribution in [3.63, 3.8) is 0 Å². The summed E-state index contributed by atoms with van der Waals surface area (Å²) in [4.78, 5) is 31.5. The van der Waals surface area contributed by atoms with Crippen molar-refractivity contribution in [2.45, 2.75) is 18.9 Å². The number of nitrogens with zero attached hydrogens (tertiary/aromatic N) is 2. The van der Waals surface area contributed by atoms with Gasteiger partial charge in [0.25, 0.3) is 5.56 Å². The average molecular weight is 591 g/mol. The van der Waals surface area contributed by atoms with E-state index >= 15 is 0 Å². The number of methoxy groups -OCH3 is 2. The molecule has 2 aliphatic rings. The molecule has 3 heterocycles. The van der Waals surface area contributed by atoms with Crippen molar-refractivity contribution in [3.05, 3.63) is 132 Å². The number of carboxylic acid groups (broad SMARTS) is 1. The van der Waals surface area contributed by atoms with Gasteiger partial charge in [-0.05, 0) is 60.4 Å². The molecular weight excluding hydrogens is 564 g/mol. The smallest absolute Gasteiger partial charge is 0.336 e. The van der Waals surface area contributed by atoms with Crippen LogP contribution in [0.3, 0.4) is 0 Å². The van der Waals surface area contributed by atoms with Gasteiger partial charge in [-0.3, -0.25) is 9.36 Å². The Kier molecular flexibility index (Phi) is 6.59. The third kappa shape index (κ3) is 4.49. The van der Waals surface area contributed by atoms with Crippen molar-refractivity contribution >= 4 is 29.1 Å². The lowest BCUT2D eigenvalue weighted by Gasteiger charge is -2.31. The zero-order chi connectivity index (χ0) is 29.7. The second-order valence-electron chi connectivity index (χ2n) is 10.3. The number of thiazole rings is 1. The van der Waals surface area contributed by atoms with Crippen LogP contribution in [0.15, 0.2) is 98.6 Å². The standard InChI is InChI=1S/C34H26N2O6S/c1-40-20-12-15-27(41-2)26(17-20)31-25-14-11-19-7-3-4-8-22(19)30(25)35-34-36(31)32(37)29(43-34)18-21-13-16-28(42-21)23-9-5-6-10-24(23)33(38)39/h3-10,12-13,15-18,31H,11,14H2,1-2H3,(H,38,39)/b29-18-/t31-/m0/s1. The molecular formula is C34H26N2O6S. The highest BCUT2D eigenvalue weighted by molar-refractivity contribution is 7.07. The first-order chi connectivity index (χ1) is 21.0. The summed E-state index contributed by atoms with van der Waals surface area (Å²) in [5.74, 6) is 1.12. The van der Waals surface area contributed by atoms with Crippen LogP contribution in [0.1, 0.15) is 45.3 Å². The first-order valence-electron chi connectivity index (χ1n) is 13.7. The lowest BCUT2D eigenvalue weighted by Crippen LogP contribution is -2.39. The number of rotatable bonds is 6. The lowest BCUT2D eigenvalue weighted by molar-refractivity contribution is 0.0697. The summed E-state index contributed by atoms with van der Waals surface area (Å²) in [6.07, 6.45) is 3.27. The Hall–Kier alpha value is -5.15. The number of carbonyl (C=O) groups is 1. The number of allylic oxidation sites excluding steroid dienone is 1. The van der Waals surface area contributed by atoms with Crippen LogP contribution in [0.2, 0.25) is 0 Å². The van der Waals surface area contributed by atoms with E-state index in [4.69, 9.17) is 18.9 Å². The Morgan fingerprint density at radius 2 is 1.79 bits per heavy atom. The summed E-state index contributed by atoms with van der Waals surface area (Å²) in [7, 11) is 3.24. The summed E-state index contributed by atoms with van der Waals surface area (Å²) in [5.41, 5.74) is 5.46. The maximum absolute atomic E-state index is 14.2. The van der Waals surface area contributed by atoms with Gasteiger partial charge in [-0.2, -0.15) is 0 Å². The van der Waals surface area contributed by atoms with Crippen molar-refractivity contribution < 1.29 is 23.8 Å². The lowest BCUT2D eigenvalue weighted by atomic mass is 9.83. The molecule has 0 fully saturated rings. The minimum absolute atomic E-state index is 0.140. The predicted molar refractivity (Wildman–Crippen MR) is 163 cm³/mol. The van der Waals surface area contributed by atoms with Crippen molar-refractivity contribution in [1.29, 1.82) is 0 Å². The minimum Gasteiger partial charge on any atom is -0.497 e. The second-order valence-corrected chi connectivity index (χ2v) is 11.3. The van der Waals surface area contributed by atoms with Gasteiger partial charge in [0.05, 0.1) is 36.1 Å². The molecule has 0 unspecified atom stereocenters. The molecule has 5 aromatic rings. The molecule has 0 bridgehead atoms. The fourth-order valence-corrected chi connectivity index (χ4v) is 6.92. The van der Waals surface area contributed by atoms with Gasteiger partial charge in [0, 0.05) is 22.8 Å². The van der Waals surface area contributed by atoms with Gasteiger partial charge in [0.2, 0.25) is 0 Å². The van der Waals surface area contributed by atoms with Gasteiger partial charge in [0.15, 0.2) is 4.80 Å². The second kappa shape index (κ2) is 10.6. The molecule has 2 aromatic heterocycles. The monoisotopic (exact) mass is 590 g/mol. The summed E-state index contributed by atoms with van der Waals surface area (Å²) in [6, 6.07) is 23.6. The average Bonchev–Trinajstić information content (AvgIpc) is 3.63. The quantitative estimate of drug-likeness (QED) is 0.288. The number of aromatic carboxylic acids is 1. The third-order valence-corrected chi connectivity index (χ3v) is 8.91.